The summed E-state index contributed by atoms with van der Waals surface area (Å²) in [6.45, 7) is 1.71. The van der Waals surface area contributed by atoms with Gasteiger partial charge in [-0.05, 0) is 36.8 Å². The Morgan fingerprint density at radius 2 is 1.96 bits per heavy atom. The first kappa shape index (κ1) is 16.4. The molecule has 0 aliphatic carbocycles. The Kier molecular flexibility index (Phi) is 4.88. The van der Waals surface area contributed by atoms with Crippen LogP contribution in [0.15, 0.2) is 42.5 Å². The summed E-state index contributed by atoms with van der Waals surface area (Å²) in [6, 6.07) is 10.8. The van der Waals surface area contributed by atoms with Crippen LogP contribution in [0.2, 0.25) is 0 Å². The minimum absolute atomic E-state index is 0.0662. The molecule has 0 bridgehead atoms. The second-order valence-corrected chi connectivity index (χ2v) is 5.03. The SMILES string of the molecule is C[C@@H](Nc1ccc([N+](=O)[O-])c(C#N)c1)[C@H](O)c1ccc(F)cc1. The van der Waals surface area contributed by atoms with Gasteiger partial charge in [0, 0.05) is 11.8 Å². The van der Waals surface area contributed by atoms with Crippen molar-refractivity contribution in [2.24, 2.45) is 0 Å². The first-order valence-electron chi connectivity index (χ1n) is 6.81. The summed E-state index contributed by atoms with van der Waals surface area (Å²) in [5.41, 5.74) is 0.669. The molecule has 2 atom stereocenters. The summed E-state index contributed by atoms with van der Waals surface area (Å²) in [6.07, 6.45) is -0.906. The third-order valence-electron chi connectivity index (χ3n) is 3.39. The van der Waals surface area contributed by atoms with Gasteiger partial charge in [0.25, 0.3) is 5.69 Å². The number of benzene rings is 2. The fraction of sp³-hybridized carbons (Fsp3) is 0.188. The standard InChI is InChI=1S/C16H14FN3O3/c1-10(16(21)11-2-4-13(17)5-3-11)19-14-6-7-15(20(22)23)12(8-14)9-18/h2-8,10,16,19,21H,1H3/t10-,16+/m1/s1. The van der Waals surface area contributed by atoms with E-state index in [-0.39, 0.29) is 11.3 Å². The molecule has 2 rings (SSSR count). The smallest absolute Gasteiger partial charge is 0.287 e. The molecule has 0 amide bonds. The maximum absolute atomic E-state index is 12.9. The van der Waals surface area contributed by atoms with Gasteiger partial charge in [0.1, 0.15) is 17.4 Å². The maximum Gasteiger partial charge on any atom is 0.287 e. The van der Waals surface area contributed by atoms with Crippen LogP contribution in [0.4, 0.5) is 15.8 Å². The number of nitro benzene ring substituents is 1. The lowest BCUT2D eigenvalue weighted by Gasteiger charge is -2.21. The van der Waals surface area contributed by atoms with Gasteiger partial charge in [-0.2, -0.15) is 5.26 Å². The van der Waals surface area contributed by atoms with E-state index in [4.69, 9.17) is 5.26 Å². The molecule has 2 aromatic carbocycles. The molecule has 7 heteroatoms. The highest BCUT2D eigenvalue weighted by Crippen LogP contribution is 2.25. The molecular weight excluding hydrogens is 301 g/mol. The lowest BCUT2D eigenvalue weighted by Crippen LogP contribution is -2.24. The largest absolute Gasteiger partial charge is 0.386 e. The third-order valence-corrected chi connectivity index (χ3v) is 3.39. The van der Waals surface area contributed by atoms with Crippen molar-refractivity contribution in [3.8, 4) is 6.07 Å². The van der Waals surface area contributed by atoms with E-state index in [0.717, 1.165) is 0 Å². The Balaban J connectivity index is 2.16. The average molecular weight is 315 g/mol. The van der Waals surface area contributed by atoms with E-state index < -0.39 is 22.9 Å². The van der Waals surface area contributed by atoms with Crippen LogP contribution in [0.5, 0.6) is 0 Å². The van der Waals surface area contributed by atoms with Gasteiger partial charge < -0.3 is 10.4 Å². The maximum atomic E-state index is 12.9. The van der Waals surface area contributed by atoms with Gasteiger partial charge >= 0.3 is 0 Å². The van der Waals surface area contributed by atoms with Crippen LogP contribution < -0.4 is 5.32 Å². The number of rotatable bonds is 5. The summed E-state index contributed by atoms with van der Waals surface area (Å²) in [7, 11) is 0. The van der Waals surface area contributed by atoms with E-state index in [9.17, 15) is 19.6 Å². The molecule has 0 unspecified atom stereocenters. The van der Waals surface area contributed by atoms with Crippen molar-refractivity contribution in [1.29, 1.82) is 5.26 Å². The van der Waals surface area contributed by atoms with Crippen LogP contribution in [-0.2, 0) is 0 Å². The zero-order valence-corrected chi connectivity index (χ0v) is 12.2. The molecule has 0 fully saturated rings. The van der Waals surface area contributed by atoms with Gasteiger partial charge in [0.05, 0.1) is 17.1 Å². The van der Waals surface area contributed by atoms with Gasteiger partial charge in [-0.3, -0.25) is 10.1 Å². The number of nitrogens with zero attached hydrogens (tertiary/aromatic N) is 2. The number of anilines is 1. The van der Waals surface area contributed by atoms with E-state index >= 15 is 0 Å². The summed E-state index contributed by atoms with van der Waals surface area (Å²) in [5.74, 6) is -0.393. The number of nitriles is 1. The Morgan fingerprint density at radius 3 is 2.52 bits per heavy atom. The Labute approximate surface area is 132 Å². The van der Waals surface area contributed by atoms with E-state index in [2.05, 4.69) is 5.32 Å². The monoisotopic (exact) mass is 315 g/mol. The second kappa shape index (κ2) is 6.85. The minimum Gasteiger partial charge on any atom is -0.386 e. The van der Waals surface area contributed by atoms with E-state index in [1.54, 1.807) is 13.0 Å². The molecule has 23 heavy (non-hydrogen) atoms. The first-order valence-corrected chi connectivity index (χ1v) is 6.81. The molecular formula is C16H14FN3O3. The first-order chi connectivity index (χ1) is 10.9. The zero-order valence-electron chi connectivity index (χ0n) is 12.2. The summed E-state index contributed by atoms with van der Waals surface area (Å²) >= 11 is 0. The molecule has 118 valence electrons. The molecule has 0 saturated carbocycles. The Morgan fingerprint density at radius 1 is 1.30 bits per heavy atom. The van der Waals surface area contributed by atoms with E-state index in [0.29, 0.717) is 11.3 Å². The zero-order chi connectivity index (χ0) is 17.0. The Hall–Kier alpha value is -2.98. The van der Waals surface area contributed by atoms with Crippen LogP contribution in [0.25, 0.3) is 0 Å². The normalized spacial score (nSPS) is 13.0. The molecule has 0 aliphatic rings. The number of nitrogens with one attached hydrogen (secondary N) is 1. The lowest BCUT2D eigenvalue weighted by atomic mass is 10.0. The number of nitro groups is 1. The van der Waals surface area contributed by atoms with Crippen LogP contribution in [0.3, 0.4) is 0 Å². The van der Waals surface area contributed by atoms with Crippen molar-refractivity contribution in [2.45, 2.75) is 19.1 Å². The number of aliphatic hydroxyl groups is 1. The summed E-state index contributed by atoms with van der Waals surface area (Å²) in [5, 5.41) is 33.0. The molecule has 2 aromatic rings. The van der Waals surface area contributed by atoms with Crippen LogP contribution >= 0.6 is 0 Å². The number of hydrogen-bond acceptors (Lipinski definition) is 5. The average Bonchev–Trinajstić information content (AvgIpc) is 2.54. The number of hydrogen-bond donors (Lipinski definition) is 2. The van der Waals surface area contributed by atoms with Crippen molar-refractivity contribution < 1.29 is 14.4 Å². The van der Waals surface area contributed by atoms with Crippen molar-refractivity contribution in [1.82, 2.24) is 0 Å². The highest BCUT2D eigenvalue weighted by atomic mass is 19.1. The highest BCUT2D eigenvalue weighted by Gasteiger charge is 2.18. The van der Waals surface area contributed by atoms with E-state index in [1.807, 2.05) is 0 Å². The second-order valence-electron chi connectivity index (χ2n) is 5.03. The van der Waals surface area contributed by atoms with Crippen molar-refractivity contribution in [3.05, 3.63) is 69.5 Å². The van der Waals surface area contributed by atoms with Crippen LogP contribution in [-0.4, -0.2) is 16.1 Å². The van der Waals surface area contributed by atoms with E-state index in [1.165, 1.54) is 42.5 Å². The summed E-state index contributed by atoms with van der Waals surface area (Å²) in [4.78, 5) is 10.2. The van der Waals surface area contributed by atoms with Crippen LogP contribution in [0.1, 0.15) is 24.2 Å². The van der Waals surface area contributed by atoms with Gasteiger partial charge in [0.15, 0.2) is 0 Å². The van der Waals surface area contributed by atoms with Crippen molar-refractivity contribution in [3.63, 3.8) is 0 Å². The van der Waals surface area contributed by atoms with Crippen molar-refractivity contribution >= 4 is 11.4 Å². The van der Waals surface area contributed by atoms with Gasteiger partial charge in [-0.15, -0.1) is 0 Å². The van der Waals surface area contributed by atoms with Gasteiger partial charge in [-0.1, -0.05) is 12.1 Å². The topological polar surface area (TPSA) is 99.2 Å². The van der Waals surface area contributed by atoms with Crippen LogP contribution in [0, 0.1) is 27.3 Å². The molecule has 2 N–H and O–H groups in total. The Bertz CT molecular complexity index is 756. The molecule has 0 radical (unpaired) electrons. The molecule has 0 spiro atoms. The van der Waals surface area contributed by atoms with Crippen molar-refractivity contribution in [2.75, 3.05) is 5.32 Å². The molecule has 0 saturated heterocycles. The van der Waals surface area contributed by atoms with Gasteiger partial charge in [-0.25, -0.2) is 4.39 Å². The number of halogens is 1. The fourth-order valence-corrected chi connectivity index (χ4v) is 2.17. The summed E-state index contributed by atoms with van der Waals surface area (Å²) < 4.78 is 12.9. The number of aliphatic hydroxyl groups excluding tert-OH is 1. The lowest BCUT2D eigenvalue weighted by molar-refractivity contribution is -0.385. The predicted octanol–water partition coefficient (Wildman–Crippen LogP) is 3.14. The molecule has 6 nitrogen and oxygen atoms in total. The molecule has 0 aliphatic heterocycles. The minimum atomic E-state index is -0.906. The fourth-order valence-electron chi connectivity index (χ4n) is 2.17. The predicted molar refractivity (Wildman–Crippen MR) is 82.3 cm³/mol. The quantitative estimate of drug-likeness (QED) is 0.652. The molecule has 0 aromatic heterocycles. The van der Waals surface area contributed by atoms with Gasteiger partial charge in [0.2, 0.25) is 0 Å². The third kappa shape index (κ3) is 3.81. The molecule has 0 heterocycles. The highest BCUT2D eigenvalue weighted by molar-refractivity contribution is 5.59.